The molecule has 0 aromatic carbocycles. The minimum absolute atomic E-state index is 0.0527. The van der Waals surface area contributed by atoms with Crippen molar-refractivity contribution in [2.75, 3.05) is 112 Å². The minimum atomic E-state index is -1.40. The van der Waals surface area contributed by atoms with Gasteiger partial charge in [-0.15, -0.1) is 0 Å². The van der Waals surface area contributed by atoms with E-state index < -0.39 is 92.3 Å². The van der Waals surface area contributed by atoms with E-state index >= 15 is 0 Å². The monoisotopic (exact) mass is 942 g/mol. The van der Waals surface area contributed by atoms with Gasteiger partial charge in [0.25, 0.3) is 0 Å². The van der Waals surface area contributed by atoms with Crippen molar-refractivity contribution in [1.82, 2.24) is 26.2 Å². The zero-order valence-electron chi connectivity index (χ0n) is 37.5. The van der Waals surface area contributed by atoms with Crippen LogP contribution in [0.4, 0.5) is 0 Å². The summed E-state index contributed by atoms with van der Waals surface area (Å²) in [6.45, 7) is 6.11. The average molecular weight is 942 g/mol. The van der Waals surface area contributed by atoms with Crippen LogP contribution in [0.25, 0.3) is 0 Å². The summed E-state index contributed by atoms with van der Waals surface area (Å²) in [5, 5.41) is 80.0. The normalized spacial score (nSPS) is 26.2. The minimum Gasteiger partial charge on any atom is -0.481 e. The van der Waals surface area contributed by atoms with Crippen LogP contribution >= 0.6 is 0 Å². The van der Waals surface area contributed by atoms with Crippen molar-refractivity contribution in [3.63, 3.8) is 0 Å². The number of hydrogen-bond donors (Lipinski definition) is 13. The molecule has 378 valence electrons. The van der Waals surface area contributed by atoms with E-state index in [-0.39, 0.29) is 46.1 Å². The van der Waals surface area contributed by atoms with Gasteiger partial charge in [0.1, 0.15) is 48.7 Å². The Bertz CT molecular complexity index is 1300. The van der Waals surface area contributed by atoms with Crippen molar-refractivity contribution in [1.29, 1.82) is 0 Å². The van der Waals surface area contributed by atoms with Gasteiger partial charge in [-0.2, -0.15) is 0 Å². The molecule has 25 heteroatoms. The zero-order valence-corrected chi connectivity index (χ0v) is 37.5. The lowest BCUT2D eigenvalue weighted by Crippen LogP contribution is -2.64. The molecule has 65 heavy (non-hydrogen) atoms. The number of nitrogens with zero attached hydrogens (tertiary/aromatic N) is 1. The first-order valence-electron chi connectivity index (χ1n) is 21.8. The van der Waals surface area contributed by atoms with Crippen molar-refractivity contribution in [2.24, 2.45) is 11.5 Å². The predicted molar refractivity (Wildman–Crippen MR) is 229 cm³/mol. The molecule has 2 aliphatic rings. The second-order valence-corrected chi connectivity index (χ2v) is 15.3. The van der Waals surface area contributed by atoms with E-state index in [4.69, 9.17) is 54.5 Å². The number of nitrogens with one attached hydrogen (secondary N) is 4. The zero-order chi connectivity index (χ0) is 48.0. The van der Waals surface area contributed by atoms with Crippen LogP contribution in [0.1, 0.15) is 39.5 Å². The molecular formula is C40H75N7O18. The first-order valence-corrected chi connectivity index (χ1v) is 21.8. The molecule has 0 saturated carbocycles. The number of rotatable bonds is 36. The van der Waals surface area contributed by atoms with Crippen LogP contribution in [-0.4, -0.2) is 232 Å². The fraction of sp³-hybridized carbons (Fsp3) is 0.825. The molecule has 2 heterocycles. The third-order valence-corrected chi connectivity index (χ3v) is 9.80. The molecule has 25 nitrogen and oxygen atoms in total. The molecule has 2 amide bonds. The molecule has 2 rings (SSSR count). The van der Waals surface area contributed by atoms with Crippen molar-refractivity contribution in [2.45, 2.75) is 101 Å². The molecule has 15 N–H and O–H groups in total. The Morgan fingerprint density at radius 3 is 1.38 bits per heavy atom. The molecule has 10 unspecified atom stereocenters. The molecule has 2 saturated heterocycles. The molecule has 2 fully saturated rings. The van der Waals surface area contributed by atoms with Crippen LogP contribution in [0.2, 0.25) is 0 Å². The lowest BCUT2D eigenvalue weighted by atomic mass is 9.97. The SMILES string of the molecule is CC(=O)NC1C(OCCOCCOCCN/C=C(\N)CN(CCCCCC(=O)O)C/C(N)=C/NCCOCCOCCOC2OC(CO)C(O)C(O)C2NC(C)=O)OC(CO)C(O)C1O. The van der Waals surface area contributed by atoms with Crippen LogP contribution in [0.15, 0.2) is 23.8 Å². The van der Waals surface area contributed by atoms with E-state index in [9.17, 15) is 45.0 Å². The summed E-state index contributed by atoms with van der Waals surface area (Å²) in [7, 11) is 0. The van der Waals surface area contributed by atoms with E-state index in [1.165, 1.54) is 13.8 Å². The highest BCUT2D eigenvalue weighted by atomic mass is 16.7. The maximum Gasteiger partial charge on any atom is 0.303 e. The molecule has 0 aliphatic carbocycles. The van der Waals surface area contributed by atoms with E-state index in [1.807, 2.05) is 0 Å². The number of carbonyl (C=O) groups is 3. The van der Waals surface area contributed by atoms with E-state index in [1.54, 1.807) is 12.4 Å². The first-order chi connectivity index (χ1) is 31.2. The summed E-state index contributed by atoms with van der Waals surface area (Å²) in [5.74, 6) is -1.73. The molecule has 2 aliphatic heterocycles. The van der Waals surface area contributed by atoms with Gasteiger partial charge in [0.2, 0.25) is 11.8 Å². The van der Waals surface area contributed by atoms with Crippen molar-refractivity contribution >= 4 is 17.8 Å². The number of ether oxygens (including phenoxy) is 8. The Labute approximate surface area is 379 Å². The summed E-state index contributed by atoms with van der Waals surface area (Å²) >= 11 is 0. The van der Waals surface area contributed by atoms with Crippen LogP contribution in [-0.2, 0) is 52.3 Å². The summed E-state index contributed by atoms with van der Waals surface area (Å²) in [6, 6.07) is -2.06. The lowest BCUT2D eigenvalue weighted by molar-refractivity contribution is -0.272. The number of aliphatic hydroxyl groups is 6. The Hall–Kier alpha value is -3.51. The Balaban J connectivity index is 1.62. The quantitative estimate of drug-likeness (QED) is 0.0261. The van der Waals surface area contributed by atoms with Gasteiger partial charge in [-0.1, -0.05) is 6.42 Å². The van der Waals surface area contributed by atoms with Gasteiger partial charge in [0, 0.05) is 70.2 Å². The van der Waals surface area contributed by atoms with Crippen molar-refractivity contribution < 1.29 is 88.0 Å². The maximum absolute atomic E-state index is 11.6. The molecular weight excluding hydrogens is 866 g/mol. The molecule has 10 atom stereocenters. The number of carbonyl (C=O) groups excluding carboxylic acids is 2. The molecule has 0 bridgehead atoms. The number of carboxylic acids is 1. The van der Waals surface area contributed by atoms with Gasteiger partial charge in [0.15, 0.2) is 12.6 Å². The number of hydrogen-bond acceptors (Lipinski definition) is 22. The predicted octanol–water partition coefficient (Wildman–Crippen LogP) is -5.30. The van der Waals surface area contributed by atoms with Gasteiger partial charge in [-0.3, -0.25) is 19.3 Å². The standard InChI is InChI=1S/C40H75N7O18/c1-26(50)45-33-37(56)35(54)30(24-48)64-39(33)62-18-16-60-14-12-58-10-7-43-20-28(41)22-47(9-5-3-4-6-32(52)53)23-29(42)21-44-8-11-59-13-15-61-17-19-63-40-34(46-27(2)51)38(57)36(55)31(25-49)65-40/h20-21,30-31,33-40,43-44,48-49,54-57H,3-19,22-25,41-42H2,1-2H3,(H,45,50)(H,46,51)(H,52,53)/b28-20-,29-21-. The van der Waals surface area contributed by atoms with Crippen LogP contribution in [0, 0.1) is 0 Å². The van der Waals surface area contributed by atoms with E-state index in [0.29, 0.717) is 77.0 Å². The fourth-order valence-electron chi connectivity index (χ4n) is 6.59. The Morgan fingerprint density at radius 2 is 1.00 bits per heavy atom. The number of nitrogens with two attached hydrogens (primary N) is 2. The Morgan fingerprint density at radius 1 is 0.600 bits per heavy atom. The topological polar surface area (TPSA) is 370 Å². The van der Waals surface area contributed by atoms with Crippen LogP contribution in [0.5, 0.6) is 0 Å². The highest BCUT2D eigenvalue weighted by Crippen LogP contribution is 2.23. The highest BCUT2D eigenvalue weighted by Gasteiger charge is 2.46. The molecule has 0 aromatic heterocycles. The van der Waals surface area contributed by atoms with Crippen LogP contribution < -0.4 is 32.7 Å². The van der Waals surface area contributed by atoms with Gasteiger partial charge >= 0.3 is 5.97 Å². The van der Waals surface area contributed by atoms with Gasteiger partial charge in [-0.25, -0.2) is 0 Å². The van der Waals surface area contributed by atoms with Gasteiger partial charge in [-0.05, 0) is 19.4 Å². The number of unbranched alkanes of at least 4 members (excludes halogenated alkanes) is 2. The lowest BCUT2D eigenvalue weighted by Gasteiger charge is -2.42. The van der Waals surface area contributed by atoms with Crippen LogP contribution in [0.3, 0.4) is 0 Å². The third-order valence-electron chi connectivity index (χ3n) is 9.80. The number of amides is 2. The highest BCUT2D eigenvalue weighted by molar-refractivity contribution is 5.73. The number of aliphatic hydroxyl groups excluding tert-OH is 6. The van der Waals surface area contributed by atoms with Gasteiger partial charge < -0.3 is 106 Å². The first kappa shape index (κ1) is 57.6. The summed E-state index contributed by atoms with van der Waals surface area (Å²) in [6.07, 6.45) is -4.39. The maximum atomic E-state index is 11.6. The molecule has 0 radical (unpaired) electrons. The summed E-state index contributed by atoms with van der Waals surface area (Å²) in [4.78, 5) is 36.1. The van der Waals surface area contributed by atoms with Crippen molar-refractivity contribution in [3.05, 3.63) is 23.8 Å². The number of carboxylic acid groups (broad SMARTS) is 1. The summed E-state index contributed by atoms with van der Waals surface area (Å²) < 4.78 is 44.4. The second-order valence-electron chi connectivity index (χ2n) is 15.3. The van der Waals surface area contributed by atoms with E-state index in [0.717, 1.165) is 12.8 Å². The largest absolute Gasteiger partial charge is 0.481 e. The smallest absolute Gasteiger partial charge is 0.303 e. The average Bonchev–Trinajstić information content (AvgIpc) is 3.25. The van der Waals surface area contributed by atoms with Gasteiger partial charge in [0.05, 0.1) is 79.3 Å². The molecule has 0 aromatic rings. The van der Waals surface area contributed by atoms with Crippen molar-refractivity contribution in [3.8, 4) is 0 Å². The Kier molecular flexibility index (Phi) is 30.0. The summed E-state index contributed by atoms with van der Waals surface area (Å²) in [5.41, 5.74) is 13.7. The van der Waals surface area contributed by atoms with E-state index in [2.05, 4.69) is 26.2 Å². The fourth-order valence-corrected chi connectivity index (χ4v) is 6.59. The molecule has 0 spiro atoms. The second kappa shape index (κ2) is 33.9. The third kappa shape index (κ3) is 24.2. The number of aliphatic carboxylic acids is 1.